The highest BCUT2D eigenvalue weighted by Crippen LogP contribution is 2.64. The smallest absolute Gasteiger partial charge is 0.182 e. The fraction of sp³-hybridized carbons (Fsp3) is 0.316. The first-order valence-electron chi connectivity index (χ1n) is 8.11. The highest BCUT2D eigenvalue weighted by atomic mass is 32.2. The standard InChI is InChI=1S/C19H21NO4S2/c1-23-12-19(18(20)25)16(13-8-10-14(24-2)11-9-13)17(19)26(21,22)15-6-4-3-5-7-15/h3-11,16-17H,12H2,1-2H3,(H2,20,25)/t16-,17+,19-/m1/s1. The van der Waals surface area contributed by atoms with Gasteiger partial charge in [0.05, 0.1) is 34.3 Å². The molecule has 7 heteroatoms. The van der Waals surface area contributed by atoms with E-state index in [-0.39, 0.29) is 22.4 Å². The number of nitrogens with two attached hydrogens (primary N) is 1. The van der Waals surface area contributed by atoms with Crippen LogP contribution in [0, 0.1) is 5.41 Å². The summed E-state index contributed by atoms with van der Waals surface area (Å²) in [7, 11) is -0.527. The molecule has 0 spiro atoms. The summed E-state index contributed by atoms with van der Waals surface area (Å²) in [6.45, 7) is 0.149. The van der Waals surface area contributed by atoms with Gasteiger partial charge in [-0.2, -0.15) is 0 Å². The minimum atomic E-state index is -3.63. The molecule has 2 aromatic carbocycles. The van der Waals surface area contributed by atoms with Gasteiger partial charge in [0.25, 0.3) is 0 Å². The second kappa shape index (κ2) is 6.98. The minimum Gasteiger partial charge on any atom is -0.497 e. The molecule has 0 bridgehead atoms. The third-order valence-electron chi connectivity index (χ3n) is 4.98. The van der Waals surface area contributed by atoms with Gasteiger partial charge in [-0.25, -0.2) is 8.42 Å². The first-order chi connectivity index (χ1) is 12.4. The van der Waals surface area contributed by atoms with Gasteiger partial charge in [-0.1, -0.05) is 42.5 Å². The van der Waals surface area contributed by atoms with E-state index in [2.05, 4.69) is 0 Å². The molecule has 0 radical (unpaired) electrons. The van der Waals surface area contributed by atoms with Gasteiger partial charge in [-0.15, -0.1) is 0 Å². The third-order valence-corrected chi connectivity index (χ3v) is 7.65. The molecular formula is C19H21NO4S2. The lowest BCUT2D eigenvalue weighted by Gasteiger charge is -2.16. The first kappa shape index (κ1) is 18.8. The zero-order valence-corrected chi connectivity index (χ0v) is 16.2. The largest absolute Gasteiger partial charge is 0.497 e. The van der Waals surface area contributed by atoms with E-state index in [1.807, 2.05) is 12.1 Å². The Hall–Kier alpha value is -1.96. The maximum atomic E-state index is 13.3. The van der Waals surface area contributed by atoms with Crippen molar-refractivity contribution in [2.75, 3.05) is 20.8 Å². The van der Waals surface area contributed by atoms with E-state index in [0.29, 0.717) is 5.75 Å². The SMILES string of the molecule is COC[C@@]1(C(N)=S)[C@H](c2ccc(OC)cc2)[C@@H]1S(=O)(=O)c1ccccc1. The summed E-state index contributed by atoms with van der Waals surface area (Å²) < 4.78 is 37.1. The molecule has 1 aliphatic carbocycles. The van der Waals surface area contributed by atoms with Crippen molar-refractivity contribution < 1.29 is 17.9 Å². The number of rotatable bonds is 7. The van der Waals surface area contributed by atoms with Gasteiger partial charge in [0.1, 0.15) is 5.75 Å². The molecule has 0 heterocycles. The number of sulfone groups is 1. The number of thiocarbonyl (C=S) groups is 1. The topological polar surface area (TPSA) is 78.6 Å². The van der Waals surface area contributed by atoms with E-state index in [9.17, 15) is 8.42 Å². The van der Waals surface area contributed by atoms with Crippen LogP contribution in [-0.2, 0) is 14.6 Å². The van der Waals surface area contributed by atoms with Crippen LogP contribution in [0.2, 0.25) is 0 Å². The summed E-state index contributed by atoms with van der Waals surface area (Å²) >= 11 is 5.29. The first-order valence-corrected chi connectivity index (χ1v) is 10.1. The molecule has 0 unspecified atom stereocenters. The van der Waals surface area contributed by atoms with Gasteiger partial charge < -0.3 is 15.2 Å². The maximum Gasteiger partial charge on any atom is 0.182 e. The highest BCUT2D eigenvalue weighted by Gasteiger charge is 2.73. The van der Waals surface area contributed by atoms with Crippen molar-refractivity contribution in [3.63, 3.8) is 0 Å². The van der Waals surface area contributed by atoms with Crippen molar-refractivity contribution in [3.8, 4) is 5.75 Å². The Morgan fingerprint density at radius 1 is 1.12 bits per heavy atom. The molecule has 1 fully saturated rings. The fourth-order valence-corrected chi connectivity index (χ4v) is 6.47. The molecule has 0 aliphatic heterocycles. The van der Waals surface area contributed by atoms with Crippen LogP contribution >= 0.6 is 12.2 Å². The number of hydrogen-bond acceptors (Lipinski definition) is 5. The molecule has 3 rings (SSSR count). The molecule has 0 aromatic heterocycles. The van der Waals surface area contributed by atoms with E-state index in [0.717, 1.165) is 5.56 Å². The van der Waals surface area contributed by atoms with E-state index in [1.54, 1.807) is 49.6 Å². The van der Waals surface area contributed by atoms with Crippen molar-refractivity contribution in [3.05, 3.63) is 60.2 Å². The lowest BCUT2D eigenvalue weighted by molar-refractivity contribution is 0.166. The Morgan fingerprint density at radius 3 is 2.23 bits per heavy atom. The molecule has 1 saturated carbocycles. The molecule has 26 heavy (non-hydrogen) atoms. The van der Waals surface area contributed by atoms with Gasteiger partial charge in [0, 0.05) is 13.0 Å². The summed E-state index contributed by atoms with van der Waals surface area (Å²) in [5.41, 5.74) is 5.95. The molecule has 138 valence electrons. The quantitative estimate of drug-likeness (QED) is 0.731. The number of benzene rings is 2. The van der Waals surface area contributed by atoms with E-state index >= 15 is 0 Å². The van der Waals surface area contributed by atoms with Crippen LogP contribution in [0.3, 0.4) is 0 Å². The molecule has 2 aromatic rings. The number of hydrogen-bond donors (Lipinski definition) is 1. The summed E-state index contributed by atoms with van der Waals surface area (Å²) in [6.07, 6.45) is 0. The van der Waals surface area contributed by atoms with Gasteiger partial charge >= 0.3 is 0 Å². The van der Waals surface area contributed by atoms with Gasteiger partial charge in [0.15, 0.2) is 9.84 Å². The lowest BCUT2D eigenvalue weighted by atomic mass is 10.00. The van der Waals surface area contributed by atoms with Crippen molar-refractivity contribution in [1.29, 1.82) is 0 Å². The normalized spacial score (nSPS) is 24.8. The van der Waals surface area contributed by atoms with Crippen molar-refractivity contribution in [2.24, 2.45) is 11.1 Å². The van der Waals surface area contributed by atoms with Crippen molar-refractivity contribution in [2.45, 2.75) is 16.1 Å². The zero-order chi connectivity index (χ0) is 18.9. The Balaban J connectivity index is 2.09. The summed E-state index contributed by atoms with van der Waals surface area (Å²) in [5, 5.41) is -0.761. The van der Waals surface area contributed by atoms with E-state index in [1.165, 1.54) is 7.11 Å². The molecular weight excluding hydrogens is 370 g/mol. The monoisotopic (exact) mass is 391 g/mol. The van der Waals surface area contributed by atoms with Crippen LogP contribution in [0.4, 0.5) is 0 Å². The van der Waals surface area contributed by atoms with E-state index in [4.69, 9.17) is 27.4 Å². The Kier molecular flexibility index (Phi) is 5.05. The van der Waals surface area contributed by atoms with E-state index < -0.39 is 20.5 Å². The number of ether oxygens (including phenoxy) is 2. The Labute approximate surface area is 159 Å². The molecule has 3 atom stereocenters. The minimum absolute atomic E-state index is 0.149. The molecule has 1 aliphatic rings. The van der Waals surface area contributed by atoms with Crippen LogP contribution in [0.1, 0.15) is 11.5 Å². The lowest BCUT2D eigenvalue weighted by Crippen LogP contribution is -2.33. The van der Waals surface area contributed by atoms with Gasteiger partial charge in [-0.05, 0) is 29.8 Å². The molecule has 0 amide bonds. The van der Waals surface area contributed by atoms with Crippen LogP contribution in [0.25, 0.3) is 0 Å². The predicted molar refractivity (Wildman–Crippen MR) is 104 cm³/mol. The average Bonchev–Trinajstić information content (AvgIpc) is 3.34. The zero-order valence-electron chi connectivity index (χ0n) is 14.6. The number of methoxy groups -OCH3 is 2. The maximum absolute atomic E-state index is 13.3. The Morgan fingerprint density at radius 2 is 1.73 bits per heavy atom. The summed E-state index contributed by atoms with van der Waals surface area (Å²) in [6, 6.07) is 15.7. The van der Waals surface area contributed by atoms with Crippen molar-refractivity contribution >= 4 is 27.0 Å². The second-order valence-corrected chi connectivity index (χ2v) is 8.88. The highest BCUT2D eigenvalue weighted by molar-refractivity contribution is 7.92. The van der Waals surface area contributed by atoms with Crippen LogP contribution in [0.5, 0.6) is 5.75 Å². The fourth-order valence-electron chi connectivity index (χ4n) is 3.68. The predicted octanol–water partition coefficient (Wildman–Crippen LogP) is 2.55. The van der Waals surface area contributed by atoms with Crippen LogP contribution in [0.15, 0.2) is 59.5 Å². The summed E-state index contributed by atoms with van der Waals surface area (Å²) in [4.78, 5) is 0.419. The Bertz CT molecular complexity index is 897. The molecule has 5 nitrogen and oxygen atoms in total. The molecule has 2 N–H and O–H groups in total. The third kappa shape index (κ3) is 2.90. The average molecular weight is 392 g/mol. The summed E-state index contributed by atoms with van der Waals surface area (Å²) in [5.74, 6) is 0.334. The molecule has 0 saturated heterocycles. The second-order valence-electron chi connectivity index (χ2n) is 6.37. The van der Waals surface area contributed by atoms with Crippen LogP contribution in [-0.4, -0.2) is 39.5 Å². The van der Waals surface area contributed by atoms with Gasteiger partial charge in [0.2, 0.25) is 0 Å². The van der Waals surface area contributed by atoms with Crippen LogP contribution < -0.4 is 10.5 Å². The van der Waals surface area contributed by atoms with Crippen molar-refractivity contribution in [1.82, 2.24) is 0 Å². The van der Waals surface area contributed by atoms with Gasteiger partial charge in [-0.3, -0.25) is 0 Å².